The lowest BCUT2D eigenvalue weighted by Gasteiger charge is -2.05. The molecule has 0 fully saturated rings. The molecule has 0 saturated carbocycles. The number of carbonyl (C=O) groups excluding carboxylic acids is 1. The van der Waals surface area contributed by atoms with Crippen molar-refractivity contribution in [3.05, 3.63) is 83.1 Å². The van der Waals surface area contributed by atoms with Gasteiger partial charge in [0.1, 0.15) is 12.2 Å². The zero-order valence-electron chi connectivity index (χ0n) is 13.4. The number of esters is 1. The summed E-state index contributed by atoms with van der Waals surface area (Å²) in [6.45, 7) is 0.204. The number of hydrogen-bond acceptors (Lipinski definition) is 3. The molecule has 3 nitrogen and oxygen atoms in total. The number of hydrogen-bond donors (Lipinski definition) is 0. The van der Waals surface area contributed by atoms with Crippen molar-refractivity contribution >= 4 is 39.3 Å². The first-order chi connectivity index (χ1) is 12.2. The third-order valence-corrected chi connectivity index (χ3v) is 4.40. The van der Waals surface area contributed by atoms with Gasteiger partial charge >= 0.3 is 5.97 Å². The van der Waals surface area contributed by atoms with Crippen LogP contribution < -0.4 is 0 Å². The number of ether oxygens (including phenoxy) is 1. The van der Waals surface area contributed by atoms with Crippen LogP contribution in [0, 0.1) is 0 Å². The van der Waals surface area contributed by atoms with E-state index in [-0.39, 0.29) is 19.0 Å². The molecule has 0 amide bonds. The number of halogens is 1. The van der Waals surface area contributed by atoms with Crippen molar-refractivity contribution in [2.45, 2.75) is 13.0 Å². The second kappa shape index (κ2) is 6.61. The molecule has 1 heterocycles. The van der Waals surface area contributed by atoms with Crippen LogP contribution in [0.2, 0.25) is 5.02 Å². The van der Waals surface area contributed by atoms with Gasteiger partial charge in [0.25, 0.3) is 0 Å². The number of furan rings is 1. The minimum Gasteiger partial charge on any atom is -0.464 e. The minimum absolute atomic E-state index is 0.168. The van der Waals surface area contributed by atoms with Crippen molar-refractivity contribution in [1.29, 1.82) is 0 Å². The molecule has 25 heavy (non-hydrogen) atoms. The van der Waals surface area contributed by atoms with Gasteiger partial charge in [-0.3, -0.25) is 4.79 Å². The summed E-state index contributed by atoms with van der Waals surface area (Å²) in [5, 5.41) is 3.79. The Morgan fingerprint density at radius 3 is 2.80 bits per heavy atom. The highest BCUT2D eigenvalue weighted by atomic mass is 35.5. The van der Waals surface area contributed by atoms with E-state index in [0.717, 1.165) is 32.9 Å². The van der Waals surface area contributed by atoms with E-state index in [1.165, 1.54) is 0 Å². The standard InChI is InChI=1S/C21H15ClO3/c22-17-6-3-4-14(10-17)12-25-20(23)11-16-13-24-19-9-8-15-5-1-2-7-18(15)21(16)19/h1-10,13H,11-12H2. The van der Waals surface area contributed by atoms with Crippen LogP contribution in [-0.2, 0) is 22.6 Å². The fourth-order valence-electron chi connectivity index (χ4n) is 3.00. The lowest BCUT2D eigenvalue weighted by Crippen LogP contribution is -2.07. The zero-order valence-corrected chi connectivity index (χ0v) is 14.1. The summed E-state index contributed by atoms with van der Waals surface area (Å²) in [5.74, 6) is -0.296. The maximum atomic E-state index is 12.3. The molecule has 124 valence electrons. The summed E-state index contributed by atoms with van der Waals surface area (Å²) in [5.41, 5.74) is 2.47. The average molecular weight is 351 g/mol. The first-order valence-electron chi connectivity index (χ1n) is 7.98. The fourth-order valence-corrected chi connectivity index (χ4v) is 3.21. The summed E-state index contributed by atoms with van der Waals surface area (Å²) >= 11 is 5.94. The minimum atomic E-state index is -0.296. The summed E-state index contributed by atoms with van der Waals surface area (Å²) in [6.07, 6.45) is 1.80. The summed E-state index contributed by atoms with van der Waals surface area (Å²) < 4.78 is 11.0. The Morgan fingerprint density at radius 2 is 1.92 bits per heavy atom. The van der Waals surface area contributed by atoms with E-state index < -0.39 is 0 Å². The molecule has 0 bridgehead atoms. The lowest BCUT2D eigenvalue weighted by molar-refractivity contribution is -0.144. The van der Waals surface area contributed by atoms with Crippen LogP contribution in [0.5, 0.6) is 0 Å². The number of rotatable bonds is 4. The fraction of sp³-hybridized carbons (Fsp3) is 0.0952. The third-order valence-electron chi connectivity index (χ3n) is 4.16. The molecule has 0 unspecified atom stereocenters. The lowest BCUT2D eigenvalue weighted by atomic mass is 10.0. The largest absolute Gasteiger partial charge is 0.464 e. The van der Waals surface area contributed by atoms with Crippen LogP contribution >= 0.6 is 11.6 Å². The van der Waals surface area contributed by atoms with Crippen LogP contribution in [0.3, 0.4) is 0 Å². The molecule has 4 rings (SSSR count). The van der Waals surface area contributed by atoms with Gasteiger partial charge in [0, 0.05) is 16.0 Å². The molecule has 0 N–H and O–H groups in total. The molecule has 3 aromatic carbocycles. The molecular formula is C21H15ClO3. The molecule has 0 spiro atoms. The maximum absolute atomic E-state index is 12.3. The van der Waals surface area contributed by atoms with Gasteiger partial charge in [-0.1, -0.05) is 54.1 Å². The SMILES string of the molecule is O=C(Cc1coc2ccc3ccccc3c12)OCc1cccc(Cl)c1. The maximum Gasteiger partial charge on any atom is 0.310 e. The Morgan fingerprint density at radius 1 is 1.04 bits per heavy atom. The van der Waals surface area contributed by atoms with Gasteiger partial charge in [-0.25, -0.2) is 0 Å². The molecule has 0 aliphatic carbocycles. The van der Waals surface area contributed by atoms with Crippen LogP contribution in [0.25, 0.3) is 21.7 Å². The smallest absolute Gasteiger partial charge is 0.310 e. The van der Waals surface area contributed by atoms with Gasteiger partial charge in [0.15, 0.2) is 0 Å². The highest BCUT2D eigenvalue weighted by Gasteiger charge is 2.14. The van der Waals surface area contributed by atoms with Crippen molar-refractivity contribution < 1.29 is 13.9 Å². The van der Waals surface area contributed by atoms with Gasteiger partial charge in [0.2, 0.25) is 0 Å². The predicted octanol–water partition coefficient (Wildman–Crippen LogP) is 5.53. The first kappa shape index (κ1) is 15.7. The quantitative estimate of drug-likeness (QED) is 0.454. The van der Waals surface area contributed by atoms with Crippen molar-refractivity contribution in [2.75, 3.05) is 0 Å². The van der Waals surface area contributed by atoms with Crippen LogP contribution in [0.4, 0.5) is 0 Å². The van der Waals surface area contributed by atoms with Crippen LogP contribution in [0.15, 0.2) is 71.3 Å². The van der Waals surface area contributed by atoms with Crippen molar-refractivity contribution in [3.63, 3.8) is 0 Å². The van der Waals surface area contributed by atoms with Gasteiger partial charge in [-0.05, 0) is 34.5 Å². The Hall–Kier alpha value is -2.78. The van der Waals surface area contributed by atoms with E-state index >= 15 is 0 Å². The number of carbonyl (C=O) groups is 1. The Kier molecular flexibility index (Phi) is 4.16. The van der Waals surface area contributed by atoms with E-state index in [4.69, 9.17) is 20.8 Å². The van der Waals surface area contributed by atoms with Crippen molar-refractivity contribution in [1.82, 2.24) is 0 Å². The van der Waals surface area contributed by atoms with Crippen LogP contribution in [0.1, 0.15) is 11.1 Å². The molecule has 0 atom stereocenters. The first-order valence-corrected chi connectivity index (χ1v) is 8.36. The Balaban J connectivity index is 1.56. The van der Waals surface area contributed by atoms with E-state index in [0.29, 0.717) is 5.02 Å². The normalized spacial score (nSPS) is 11.1. The molecule has 0 aliphatic heterocycles. The van der Waals surface area contributed by atoms with E-state index in [2.05, 4.69) is 0 Å². The molecule has 4 aromatic rings. The third kappa shape index (κ3) is 3.24. The predicted molar refractivity (Wildman–Crippen MR) is 98.7 cm³/mol. The number of benzene rings is 3. The molecule has 0 saturated heterocycles. The van der Waals surface area contributed by atoms with Crippen molar-refractivity contribution in [3.8, 4) is 0 Å². The second-order valence-corrected chi connectivity index (χ2v) is 6.32. The topological polar surface area (TPSA) is 39.4 Å². The summed E-state index contributed by atoms with van der Waals surface area (Å²) in [4.78, 5) is 12.3. The Bertz CT molecular complexity index is 1070. The summed E-state index contributed by atoms with van der Waals surface area (Å²) in [7, 11) is 0. The van der Waals surface area contributed by atoms with Gasteiger partial charge < -0.3 is 9.15 Å². The van der Waals surface area contributed by atoms with E-state index in [1.807, 2.05) is 48.5 Å². The Labute approximate surface area is 149 Å². The zero-order chi connectivity index (χ0) is 17.2. The van der Waals surface area contributed by atoms with E-state index in [9.17, 15) is 4.79 Å². The highest BCUT2D eigenvalue weighted by molar-refractivity contribution is 6.30. The molecular weight excluding hydrogens is 336 g/mol. The monoisotopic (exact) mass is 350 g/mol. The van der Waals surface area contributed by atoms with Crippen LogP contribution in [-0.4, -0.2) is 5.97 Å². The van der Waals surface area contributed by atoms with Gasteiger partial charge in [-0.2, -0.15) is 0 Å². The second-order valence-electron chi connectivity index (χ2n) is 5.89. The van der Waals surface area contributed by atoms with Gasteiger partial charge in [0.05, 0.1) is 12.7 Å². The van der Waals surface area contributed by atoms with Gasteiger partial charge in [-0.15, -0.1) is 0 Å². The highest BCUT2D eigenvalue weighted by Crippen LogP contribution is 2.30. The van der Waals surface area contributed by atoms with Crippen molar-refractivity contribution in [2.24, 2.45) is 0 Å². The average Bonchev–Trinajstić information content (AvgIpc) is 3.03. The summed E-state index contributed by atoms with van der Waals surface area (Å²) in [6, 6.07) is 19.3. The molecule has 4 heteroatoms. The van der Waals surface area contributed by atoms with E-state index in [1.54, 1.807) is 18.4 Å². The molecule has 0 radical (unpaired) electrons. The molecule has 1 aromatic heterocycles. The molecule has 0 aliphatic rings. The number of fused-ring (bicyclic) bond motifs is 3.